The number of hydrogen-bond acceptors (Lipinski definition) is 2. The van der Waals surface area contributed by atoms with E-state index in [-0.39, 0.29) is 11.7 Å². The average Bonchev–Trinajstić information content (AvgIpc) is 3.24. The third kappa shape index (κ3) is 2.94. The predicted molar refractivity (Wildman–Crippen MR) is 100 cm³/mol. The Morgan fingerprint density at radius 2 is 1.92 bits per heavy atom. The van der Waals surface area contributed by atoms with Crippen molar-refractivity contribution in [3.8, 4) is 5.00 Å². The fraction of sp³-hybridized carbons (Fsp3) is 0.0500. The molecule has 5 heteroatoms. The molecular weight excluding hydrogens is 335 g/mol. The van der Waals surface area contributed by atoms with E-state index in [2.05, 4.69) is 16.0 Å². The molecule has 25 heavy (non-hydrogen) atoms. The van der Waals surface area contributed by atoms with Gasteiger partial charge in [-0.25, -0.2) is 4.39 Å². The molecule has 0 unspecified atom stereocenters. The number of nitrogens with one attached hydrogen (secondary N) is 1. The number of nitrogens with zero attached hydrogens (tertiary/aromatic N) is 1. The number of carbonyl (C=O) groups excluding carboxylic acids is 1. The number of anilines is 1. The Balaban J connectivity index is 1.60. The highest BCUT2D eigenvalue weighted by atomic mass is 32.1. The van der Waals surface area contributed by atoms with Crippen molar-refractivity contribution in [1.29, 1.82) is 0 Å². The van der Waals surface area contributed by atoms with E-state index in [4.69, 9.17) is 0 Å². The second-order valence-electron chi connectivity index (χ2n) is 5.80. The molecule has 124 valence electrons. The van der Waals surface area contributed by atoms with Crippen LogP contribution >= 0.6 is 11.3 Å². The topological polar surface area (TPSA) is 34.0 Å². The Labute approximate surface area is 148 Å². The zero-order valence-electron chi connectivity index (χ0n) is 13.5. The van der Waals surface area contributed by atoms with Gasteiger partial charge in [0.05, 0.1) is 10.4 Å². The largest absolute Gasteiger partial charge is 0.321 e. The average molecular weight is 350 g/mol. The minimum absolute atomic E-state index is 0.240. The normalized spacial score (nSPS) is 11.0. The summed E-state index contributed by atoms with van der Waals surface area (Å²) in [5.41, 5.74) is 2.10. The Kier molecular flexibility index (Phi) is 3.86. The lowest BCUT2D eigenvalue weighted by atomic mass is 10.2. The van der Waals surface area contributed by atoms with Crippen molar-refractivity contribution in [2.45, 2.75) is 6.92 Å². The second-order valence-corrected chi connectivity index (χ2v) is 6.86. The SMILES string of the molecule is Cc1ccc(NC(=O)c2ccc(-n3ccc4ccccc43)s2)cc1F. The maximum absolute atomic E-state index is 13.6. The molecule has 0 aliphatic carbocycles. The van der Waals surface area contributed by atoms with Crippen molar-refractivity contribution < 1.29 is 9.18 Å². The second kappa shape index (κ2) is 6.18. The molecule has 0 saturated heterocycles. The smallest absolute Gasteiger partial charge is 0.265 e. The van der Waals surface area contributed by atoms with E-state index in [0.717, 1.165) is 15.9 Å². The van der Waals surface area contributed by atoms with Gasteiger partial charge in [0.1, 0.15) is 10.8 Å². The number of hydrogen-bond donors (Lipinski definition) is 1. The van der Waals surface area contributed by atoms with Crippen LogP contribution < -0.4 is 5.32 Å². The summed E-state index contributed by atoms with van der Waals surface area (Å²) in [6, 6.07) is 18.5. The lowest BCUT2D eigenvalue weighted by Crippen LogP contribution is -2.10. The van der Waals surface area contributed by atoms with Gasteiger partial charge >= 0.3 is 0 Å². The molecule has 0 radical (unpaired) electrons. The van der Waals surface area contributed by atoms with Crippen molar-refractivity contribution in [1.82, 2.24) is 4.57 Å². The zero-order valence-corrected chi connectivity index (χ0v) is 14.3. The number of halogens is 1. The van der Waals surface area contributed by atoms with Crippen molar-refractivity contribution >= 4 is 33.8 Å². The molecular formula is C20H15FN2OS. The number of aromatic nitrogens is 1. The molecule has 0 atom stereocenters. The molecule has 4 aromatic rings. The molecule has 2 aromatic carbocycles. The summed E-state index contributed by atoms with van der Waals surface area (Å²) >= 11 is 1.40. The number of carbonyl (C=O) groups is 1. The van der Waals surface area contributed by atoms with Gasteiger partial charge in [0.15, 0.2) is 0 Å². The van der Waals surface area contributed by atoms with Crippen molar-refractivity contribution in [3.63, 3.8) is 0 Å². The Hall–Kier alpha value is -2.92. The van der Waals surface area contributed by atoms with Crippen LogP contribution in [-0.4, -0.2) is 10.5 Å². The summed E-state index contributed by atoms with van der Waals surface area (Å²) in [6.07, 6.45) is 1.99. The number of para-hydroxylation sites is 1. The highest BCUT2D eigenvalue weighted by molar-refractivity contribution is 7.16. The lowest BCUT2D eigenvalue weighted by molar-refractivity contribution is 0.103. The minimum Gasteiger partial charge on any atom is -0.321 e. The molecule has 0 fully saturated rings. The van der Waals surface area contributed by atoms with Gasteiger partial charge in [-0.15, -0.1) is 11.3 Å². The number of thiophene rings is 1. The molecule has 3 nitrogen and oxygen atoms in total. The molecule has 0 bridgehead atoms. The lowest BCUT2D eigenvalue weighted by Gasteiger charge is -2.05. The molecule has 1 N–H and O–H groups in total. The molecule has 2 heterocycles. The molecule has 0 saturated carbocycles. The number of aryl methyl sites for hydroxylation is 1. The van der Waals surface area contributed by atoms with E-state index < -0.39 is 0 Å². The van der Waals surface area contributed by atoms with Crippen molar-refractivity contribution in [2.75, 3.05) is 5.32 Å². The number of amides is 1. The van der Waals surface area contributed by atoms with Crippen LogP contribution in [0.3, 0.4) is 0 Å². The highest BCUT2D eigenvalue weighted by Crippen LogP contribution is 2.27. The van der Waals surface area contributed by atoms with E-state index in [9.17, 15) is 9.18 Å². The van der Waals surface area contributed by atoms with Gasteiger partial charge in [-0.05, 0) is 54.3 Å². The van der Waals surface area contributed by atoms with Crippen LogP contribution in [0.4, 0.5) is 10.1 Å². The molecule has 0 spiro atoms. The fourth-order valence-electron chi connectivity index (χ4n) is 2.72. The molecule has 0 aliphatic heterocycles. The van der Waals surface area contributed by atoms with E-state index in [1.807, 2.05) is 36.5 Å². The van der Waals surface area contributed by atoms with Gasteiger partial charge in [-0.2, -0.15) is 0 Å². The van der Waals surface area contributed by atoms with Crippen LogP contribution in [0, 0.1) is 12.7 Å². The highest BCUT2D eigenvalue weighted by Gasteiger charge is 2.12. The molecule has 2 aromatic heterocycles. The first-order chi connectivity index (χ1) is 12.1. The maximum Gasteiger partial charge on any atom is 0.265 e. The third-order valence-corrected chi connectivity index (χ3v) is 5.17. The first-order valence-electron chi connectivity index (χ1n) is 7.85. The van der Waals surface area contributed by atoms with Gasteiger partial charge < -0.3 is 9.88 Å². The summed E-state index contributed by atoms with van der Waals surface area (Å²) in [6.45, 7) is 1.69. The standard InChI is InChI=1S/C20H15FN2OS/c1-13-6-7-15(12-16(13)21)22-20(24)18-8-9-19(25-18)23-11-10-14-4-2-3-5-17(14)23/h2-12H,1H3,(H,22,24). The first kappa shape index (κ1) is 15.6. The van der Waals surface area contributed by atoms with E-state index in [1.165, 1.54) is 17.4 Å². The van der Waals surface area contributed by atoms with Crippen molar-refractivity contribution in [3.05, 3.63) is 83.1 Å². The van der Waals surface area contributed by atoms with Crippen LogP contribution in [0.1, 0.15) is 15.2 Å². The first-order valence-corrected chi connectivity index (χ1v) is 8.67. The van der Waals surface area contributed by atoms with Gasteiger partial charge in [0, 0.05) is 11.9 Å². The number of rotatable bonds is 3. The molecule has 4 rings (SSSR count). The summed E-state index contributed by atoms with van der Waals surface area (Å²) in [5.74, 6) is -0.570. The summed E-state index contributed by atoms with van der Waals surface area (Å²) in [7, 11) is 0. The Morgan fingerprint density at radius 3 is 2.76 bits per heavy atom. The number of benzene rings is 2. The van der Waals surface area contributed by atoms with E-state index >= 15 is 0 Å². The quantitative estimate of drug-likeness (QED) is 0.528. The minimum atomic E-state index is -0.330. The summed E-state index contributed by atoms with van der Waals surface area (Å²) < 4.78 is 15.7. The van der Waals surface area contributed by atoms with E-state index in [0.29, 0.717) is 16.1 Å². The number of fused-ring (bicyclic) bond motifs is 1. The van der Waals surface area contributed by atoms with Gasteiger partial charge in [0.25, 0.3) is 5.91 Å². The van der Waals surface area contributed by atoms with Crippen LogP contribution in [0.2, 0.25) is 0 Å². The van der Waals surface area contributed by atoms with Crippen LogP contribution in [0.15, 0.2) is 66.9 Å². The van der Waals surface area contributed by atoms with Crippen molar-refractivity contribution in [2.24, 2.45) is 0 Å². The molecule has 1 amide bonds. The fourth-order valence-corrected chi connectivity index (χ4v) is 3.62. The monoisotopic (exact) mass is 350 g/mol. The van der Waals surface area contributed by atoms with Gasteiger partial charge in [-0.1, -0.05) is 24.3 Å². The van der Waals surface area contributed by atoms with Crippen LogP contribution in [-0.2, 0) is 0 Å². The van der Waals surface area contributed by atoms with Gasteiger partial charge in [-0.3, -0.25) is 4.79 Å². The van der Waals surface area contributed by atoms with E-state index in [1.54, 1.807) is 25.1 Å². The Bertz CT molecular complexity index is 1080. The zero-order chi connectivity index (χ0) is 17.4. The summed E-state index contributed by atoms with van der Waals surface area (Å²) in [4.78, 5) is 13.0. The Morgan fingerprint density at radius 1 is 1.08 bits per heavy atom. The third-order valence-electron chi connectivity index (χ3n) is 4.08. The summed E-state index contributed by atoms with van der Waals surface area (Å²) in [5, 5.41) is 4.85. The molecule has 0 aliphatic rings. The van der Waals surface area contributed by atoms with Gasteiger partial charge in [0.2, 0.25) is 0 Å². The van der Waals surface area contributed by atoms with Crippen LogP contribution in [0.5, 0.6) is 0 Å². The maximum atomic E-state index is 13.6. The van der Waals surface area contributed by atoms with Crippen LogP contribution in [0.25, 0.3) is 15.9 Å². The predicted octanol–water partition coefficient (Wildman–Crippen LogP) is 5.39.